The highest BCUT2D eigenvalue weighted by atomic mass is 32.2. The van der Waals surface area contributed by atoms with Crippen LogP contribution < -0.4 is 0 Å². The zero-order valence-electron chi connectivity index (χ0n) is 12.1. The average molecular weight is 323 g/mol. The van der Waals surface area contributed by atoms with Crippen molar-refractivity contribution in [2.45, 2.75) is 65.2 Å². The first kappa shape index (κ1) is 19.3. The van der Waals surface area contributed by atoms with Gasteiger partial charge in [0.25, 0.3) is 0 Å². The van der Waals surface area contributed by atoms with Gasteiger partial charge in [-0.25, -0.2) is 4.79 Å². The molecule has 0 unspecified atom stereocenters. The van der Waals surface area contributed by atoms with Crippen molar-refractivity contribution in [3.05, 3.63) is 0 Å². The van der Waals surface area contributed by atoms with Gasteiger partial charge < -0.3 is 4.74 Å². The molecule has 5 heteroatoms. The first-order valence-electron chi connectivity index (χ1n) is 7.22. The van der Waals surface area contributed by atoms with Crippen LogP contribution in [0.3, 0.4) is 0 Å². The Morgan fingerprint density at radius 2 is 1.58 bits per heavy atom. The van der Waals surface area contributed by atoms with Crippen molar-refractivity contribution in [1.82, 2.24) is 0 Å². The lowest BCUT2D eigenvalue weighted by Crippen LogP contribution is -1.98. The SMILES string of the molecule is CCCCCCCCCCSC(=S)SC(=O)OCC. The highest BCUT2D eigenvalue weighted by Crippen LogP contribution is 2.21. The van der Waals surface area contributed by atoms with Crippen LogP contribution in [0.1, 0.15) is 65.2 Å². The zero-order chi connectivity index (χ0) is 14.3. The first-order valence-corrected chi connectivity index (χ1v) is 9.43. The second-order valence-corrected chi connectivity index (χ2v) is 7.59. The van der Waals surface area contributed by atoms with Crippen LogP contribution in [0.5, 0.6) is 0 Å². The van der Waals surface area contributed by atoms with Crippen molar-refractivity contribution in [1.29, 1.82) is 0 Å². The third kappa shape index (κ3) is 14.5. The van der Waals surface area contributed by atoms with E-state index in [2.05, 4.69) is 6.92 Å². The van der Waals surface area contributed by atoms with Crippen molar-refractivity contribution in [3.8, 4) is 0 Å². The molecule has 0 saturated heterocycles. The average Bonchev–Trinajstić information content (AvgIpc) is 2.37. The van der Waals surface area contributed by atoms with E-state index in [0.29, 0.717) is 10.1 Å². The fourth-order valence-corrected chi connectivity index (χ4v) is 3.61. The van der Waals surface area contributed by atoms with Crippen molar-refractivity contribution in [3.63, 3.8) is 0 Å². The molecule has 0 aliphatic carbocycles. The van der Waals surface area contributed by atoms with Crippen molar-refractivity contribution >= 4 is 44.6 Å². The Balaban J connectivity index is 3.25. The van der Waals surface area contributed by atoms with Crippen LogP contribution in [0, 0.1) is 0 Å². The van der Waals surface area contributed by atoms with Crippen molar-refractivity contribution < 1.29 is 9.53 Å². The molecule has 19 heavy (non-hydrogen) atoms. The number of hydrogen-bond acceptors (Lipinski definition) is 5. The number of thioether (sulfide) groups is 2. The molecule has 0 radical (unpaired) electrons. The predicted octanol–water partition coefficient (Wildman–Crippen LogP) is 6.03. The van der Waals surface area contributed by atoms with Crippen LogP contribution in [-0.4, -0.2) is 21.2 Å². The molecule has 0 aliphatic heterocycles. The Kier molecular flexibility index (Phi) is 14.9. The zero-order valence-corrected chi connectivity index (χ0v) is 14.6. The minimum atomic E-state index is -0.282. The van der Waals surface area contributed by atoms with E-state index in [1.807, 2.05) is 0 Å². The summed E-state index contributed by atoms with van der Waals surface area (Å²) in [5, 5.41) is -0.282. The van der Waals surface area contributed by atoms with Crippen LogP contribution in [0.25, 0.3) is 0 Å². The molecule has 0 aromatic heterocycles. The van der Waals surface area contributed by atoms with Crippen LogP contribution in [0.4, 0.5) is 4.79 Å². The number of thiocarbonyl (C=S) groups is 1. The summed E-state index contributed by atoms with van der Waals surface area (Å²) in [6.45, 7) is 4.46. The molecule has 0 fully saturated rings. The second kappa shape index (κ2) is 14.7. The van der Waals surface area contributed by atoms with Gasteiger partial charge in [0.1, 0.15) is 3.53 Å². The molecular weight excluding hydrogens is 296 g/mol. The summed E-state index contributed by atoms with van der Waals surface area (Å²) < 4.78 is 5.51. The molecule has 0 aromatic rings. The third-order valence-electron chi connectivity index (χ3n) is 2.65. The largest absolute Gasteiger partial charge is 0.458 e. The van der Waals surface area contributed by atoms with Gasteiger partial charge in [0.05, 0.1) is 6.61 Å². The summed E-state index contributed by atoms with van der Waals surface area (Å²) in [7, 11) is 0. The number of unbranched alkanes of at least 4 members (excludes halogenated alkanes) is 7. The smallest absolute Gasteiger partial charge is 0.373 e. The van der Waals surface area contributed by atoms with E-state index < -0.39 is 0 Å². The molecule has 0 bridgehead atoms. The molecule has 0 amide bonds. The van der Waals surface area contributed by atoms with Gasteiger partial charge in [-0.2, -0.15) is 0 Å². The lowest BCUT2D eigenvalue weighted by molar-refractivity contribution is 0.182. The molecule has 0 heterocycles. The number of carbonyl (C=O) groups is 1. The van der Waals surface area contributed by atoms with Crippen LogP contribution >= 0.6 is 35.7 Å². The number of carbonyl (C=O) groups excluding carboxylic acids is 1. The van der Waals surface area contributed by atoms with E-state index in [4.69, 9.17) is 17.0 Å². The Morgan fingerprint density at radius 3 is 2.16 bits per heavy atom. The summed E-state index contributed by atoms with van der Waals surface area (Å²) in [6.07, 6.45) is 10.6. The van der Waals surface area contributed by atoms with Crippen molar-refractivity contribution in [2.75, 3.05) is 12.4 Å². The molecule has 0 aromatic carbocycles. The number of ether oxygens (including phenoxy) is 1. The normalized spacial score (nSPS) is 10.4. The Morgan fingerprint density at radius 1 is 1.00 bits per heavy atom. The summed E-state index contributed by atoms with van der Waals surface area (Å²) >= 11 is 7.75. The van der Waals surface area contributed by atoms with Gasteiger partial charge in [0.15, 0.2) is 0 Å². The van der Waals surface area contributed by atoms with E-state index in [9.17, 15) is 4.79 Å². The molecule has 0 saturated carbocycles. The Hall–Kier alpha value is 0.260. The fraction of sp³-hybridized carbons (Fsp3) is 0.857. The highest BCUT2D eigenvalue weighted by Gasteiger charge is 2.07. The van der Waals surface area contributed by atoms with Gasteiger partial charge in [0, 0.05) is 11.8 Å². The molecule has 0 N–H and O–H groups in total. The van der Waals surface area contributed by atoms with E-state index >= 15 is 0 Å². The molecule has 0 rings (SSSR count). The number of rotatable bonds is 10. The number of hydrogen-bond donors (Lipinski definition) is 0. The van der Waals surface area contributed by atoms with Gasteiger partial charge in [-0.15, -0.1) is 11.8 Å². The molecule has 2 nitrogen and oxygen atoms in total. The molecular formula is C14H26O2S3. The third-order valence-corrected chi connectivity index (χ3v) is 5.03. The maximum absolute atomic E-state index is 11.2. The quantitative estimate of drug-likeness (QED) is 0.278. The minimum absolute atomic E-state index is 0.282. The van der Waals surface area contributed by atoms with Gasteiger partial charge in [0.2, 0.25) is 0 Å². The van der Waals surface area contributed by atoms with Crippen molar-refractivity contribution in [2.24, 2.45) is 0 Å². The molecule has 0 atom stereocenters. The summed E-state index contributed by atoms with van der Waals surface area (Å²) in [5.74, 6) is 1.01. The molecule has 0 aliphatic rings. The fourth-order valence-electron chi connectivity index (χ4n) is 1.64. The Labute approximate surface area is 131 Å². The topological polar surface area (TPSA) is 26.3 Å². The summed E-state index contributed by atoms with van der Waals surface area (Å²) in [4.78, 5) is 11.2. The summed E-state index contributed by atoms with van der Waals surface area (Å²) in [5.41, 5.74) is 0. The Bertz CT molecular complexity index is 245. The second-order valence-electron chi connectivity index (χ2n) is 4.36. The first-order chi connectivity index (χ1) is 9.20. The molecule has 0 spiro atoms. The van der Waals surface area contributed by atoms with E-state index in [1.54, 1.807) is 18.7 Å². The maximum Gasteiger partial charge on any atom is 0.373 e. The van der Waals surface area contributed by atoms with Gasteiger partial charge in [-0.3, -0.25) is 0 Å². The van der Waals surface area contributed by atoms with E-state index in [1.165, 1.54) is 51.4 Å². The van der Waals surface area contributed by atoms with Crippen LogP contribution in [-0.2, 0) is 4.74 Å². The minimum Gasteiger partial charge on any atom is -0.458 e. The predicted molar refractivity (Wildman–Crippen MR) is 92.3 cm³/mol. The lowest BCUT2D eigenvalue weighted by atomic mass is 10.1. The standard InChI is InChI=1S/C14H26O2S3/c1-3-5-6-7-8-9-10-11-12-18-14(17)19-13(15)16-4-2/h3-12H2,1-2H3. The van der Waals surface area contributed by atoms with Crippen LogP contribution in [0.15, 0.2) is 0 Å². The van der Waals surface area contributed by atoms with E-state index in [-0.39, 0.29) is 5.30 Å². The monoisotopic (exact) mass is 322 g/mol. The highest BCUT2D eigenvalue weighted by molar-refractivity contribution is 8.51. The van der Waals surface area contributed by atoms with Gasteiger partial charge in [-0.05, 0) is 19.1 Å². The van der Waals surface area contributed by atoms with Crippen LogP contribution in [0.2, 0.25) is 0 Å². The maximum atomic E-state index is 11.2. The molecule has 112 valence electrons. The van der Waals surface area contributed by atoms with Gasteiger partial charge >= 0.3 is 5.30 Å². The summed E-state index contributed by atoms with van der Waals surface area (Å²) in [6, 6.07) is 0. The van der Waals surface area contributed by atoms with Gasteiger partial charge in [-0.1, -0.05) is 64.1 Å². The van der Waals surface area contributed by atoms with E-state index in [0.717, 1.165) is 17.5 Å². The lowest BCUT2D eigenvalue weighted by Gasteiger charge is -2.03.